The third kappa shape index (κ3) is 19.9. The molecule has 558 valence electrons. The molecule has 4 saturated heterocycles. The van der Waals surface area contributed by atoms with Crippen molar-refractivity contribution in [1.82, 2.24) is 0 Å². The number of halogens is 8. The molecule has 0 saturated carbocycles. The summed E-state index contributed by atoms with van der Waals surface area (Å²) >= 11 is 0. The smallest absolute Gasteiger partial charge is 0.186 e. The topological polar surface area (TPSA) is 80.3 Å². The summed E-state index contributed by atoms with van der Waals surface area (Å²) in [5, 5.41) is 0. The van der Waals surface area contributed by atoms with E-state index in [2.05, 4.69) is 27.7 Å². The fourth-order valence-corrected chi connectivity index (χ4v) is 14.0. The van der Waals surface area contributed by atoms with Gasteiger partial charge in [-0.25, -0.2) is 35.1 Å². The number of hydrogen-bond acceptors (Lipinski definition) is 10. The van der Waals surface area contributed by atoms with Gasteiger partial charge in [-0.3, -0.25) is 0 Å². The van der Waals surface area contributed by atoms with Gasteiger partial charge in [0.2, 0.25) is 0 Å². The molecule has 4 aliphatic heterocycles. The molecule has 0 radical (unpaired) electrons. The van der Waals surface area contributed by atoms with Crippen molar-refractivity contribution in [3.8, 4) is 11.1 Å². The van der Waals surface area contributed by atoms with Crippen LogP contribution in [0.15, 0.2) is 97.1 Å². The lowest BCUT2D eigenvalue weighted by molar-refractivity contribution is -0.150. The molecule has 0 N–H and O–H groups in total. The summed E-state index contributed by atoms with van der Waals surface area (Å²) in [4.78, 5) is 1.99. The van der Waals surface area contributed by atoms with Gasteiger partial charge in [-0.2, -0.15) is 0 Å². The third-order valence-corrected chi connectivity index (χ3v) is 21.9. The molecule has 4 fully saturated rings. The van der Waals surface area contributed by atoms with Gasteiger partial charge in [-0.1, -0.05) is 128 Å². The third-order valence-electron chi connectivity index (χ3n) is 21.9. The van der Waals surface area contributed by atoms with Gasteiger partial charge in [0.25, 0.3) is 0 Å². The number of benzene rings is 6. The monoisotopic (exact) mass is 1420 g/mol. The van der Waals surface area contributed by atoms with Gasteiger partial charge in [0.15, 0.2) is 46.5 Å². The molecule has 6 aromatic rings. The number of aryl methyl sites for hydroxylation is 4. The summed E-state index contributed by atoms with van der Waals surface area (Å²) in [6, 6.07) is 26.8. The molecule has 0 atom stereocenters. The van der Waals surface area contributed by atoms with Crippen LogP contribution in [-0.4, -0.2) is 106 Å². The Kier molecular flexibility index (Phi) is 29.6. The summed E-state index contributed by atoms with van der Waals surface area (Å²) < 4.78 is 183. The molecule has 0 amide bonds. The minimum atomic E-state index is -2.26. The predicted molar refractivity (Wildman–Crippen MR) is 387 cm³/mol. The number of hydrogen-bond donors (Lipinski definition) is 0. The van der Waals surface area contributed by atoms with E-state index in [9.17, 15) is 0 Å². The quantitative estimate of drug-likeness (QED) is 0.0209. The van der Waals surface area contributed by atoms with Crippen molar-refractivity contribution in [3.05, 3.63) is 166 Å². The molecule has 0 aromatic heterocycles. The lowest BCUT2D eigenvalue weighted by Gasteiger charge is -2.40. The highest BCUT2D eigenvalue weighted by molar-refractivity contribution is 5.83. The summed E-state index contributed by atoms with van der Waals surface area (Å²) in [6.45, 7) is 19.8. The first kappa shape index (κ1) is 78.6. The van der Waals surface area contributed by atoms with Gasteiger partial charge in [-0.05, 0) is 174 Å². The van der Waals surface area contributed by atoms with E-state index in [1.54, 1.807) is 97.1 Å². The molecule has 18 heteroatoms. The molecule has 6 aromatic carbocycles. The van der Waals surface area contributed by atoms with Gasteiger partial charge in [0, 0.05) is 70.8 Å². The molecule has 102 heavy (non-hydrogen) atoms. The maximum atomic E-state index is 17.3. The lowest BCUT2D eigenvalue weighted by Crippen LogP contribution is -2.45. The second kappa shape index (κ2) is 38.4. The van der Waals surface area contributed by atoms with E-state index >= 15 is 35.1 Å². The number of unbranched alkanes of at least 4 members (excludes halogenated alkanes) is 12. The van der Waals surface area contributed by atoms with E-state index in [0.29, 0.717) is 78.5 Å². The summed E-state index contributed by atoms with van der Waals surface area (Å²) in [7, 11) is 0. The summed E-state index contributed by atoms with van der Waals surface area (Å²) in [5.41, 5.74) is -1.81. The Morgan fingerprint density at radius 1 is 0.275 bits per heavy atom. The van der Waals surface area contributed by atoms with Crippen LogP contribution in [0.25, 0.3) is 11.1 Å². The maximum absolute atomic E-state index is 17.3. The van der Waals surface area contributed by atoms with Gasteiger partial charge < -0.3 is 47.7 Å². The van der Waals surface area contributed by atoms with Crippen molar-refractivity contribution < 1.29 is 73.0 Å². The van der Waals surface area contributed by atoms with Crippen LogP contribution in [0.1, 0.15) is 178 Å². The zero-order valence-electron chi connectivity index (χ0n) is 60.7. The van der Waals surface area contributed by atoms with Gasteiger partial charge in [0.1, 0.15) is 11.4 Å². The minimum Gasteiger partial charge on any atom is -0.381 e. The van der Waals surface area contributed by atoms with E-state index in [1.807, 2.05) is 0 Å². The molecule has 10 rings (SSSR count). The van der Waals surface area contributed by atoms with Crippen LogP contribution in [0, 0.1) is 68.2 Å². The van der Waals surface area contributed by atoms with Crippen molar-refractivity contribution in [2.75, 3.05) is 116 Å². The Morgan fingerprint density at radius 2 is 0.471 bits per heavy atom. The molecule has 0 aliphatic carbocycles. The molecule has 0 bridgehead atoms. The highest BCUT2D eigenvalue weighted by atomic mass is 19.2. The number of ether oxygens (including phenoxy) is 8. The van der Waals surface area contributed by atoms with Gasteiger partial charge in [0.05, 0.1) is 90.4 Å². The first-order valence-corrected chi connectivity index (χ1v) is 37.9. The van der Waals surface area contributed by atoms with E-state index in [0.717, 1.165) is 213 Å². The van der Waals surface area contributed by atoms with Gasteiger partial charge in [-0.15, -0.1) is 0 Å². The second-order valence-electron chi connectivity index (χ2n) is 29.5. The van der Waals surface area contributed by atoms with Crippen LogP contribution < -0.4 is 9.80 Å². The number of anilines is 6. The average molecular weight is 1430 g/mol. The summed E-state index contributed by atoms with van der Waals surface area (Å²) in [6.07, 6.45) is 21.3. The Labute approximate surface area is 600 Å². The molecular weight excluding hydrogens is 1320 g/mol. The predicted octanol–water partition coefficient (Wildman–Crippen LogP) is 21.6. The highest BCUT2D eigenvalue weighted by Crippen LogP contribution is 2.48. The van der Waals surface area contributed by atoms with Gasteiger partial charge >= 0.3 is 0 Å². The van der Waals surface area contributed by atoms with Crippen molar-refractivity contribution >= 4 is 34.1 Å². The standard InChI is InChI=1S/C84H108F8N2O8/c1-5-81(53-99-54-81)49-95-45-21-13-9-17-25-61-29-37-65(38-30-61)93(66-39-31-62(32-40-66)26-18-10-14-22-46-96-50-82(6-2)55-100-56-82)79-75(89)71(85)69(72(86)76(79)90)70-73(87)77(91)80(78(92)74(70)88)94(67-41-33-63(34-42-67)27-19-11-15-23-47-97-51-83(7-3)57-101-58-83)68-43-35-64(36-44-68)28-20-12-16-24-48-98-52-84(8-4)59-102-60-84/h29-44H,5-28,45-60H2,1-4H3. The lowest BCUT2D eigenvalue weighted by atomic mass is 9.84. The first-order chi connectivity index (χ1) is 49.6. The Bertz CT molecular complexity index is 3070. The molecule has 4 aliphatic rings. The zero-order chi connectivity index (χ0) is 72.0. The van der Waals surface area contributed by atoms with E-state index in [4.69, 9.17) is 37.9 Å². The second-order valence-corrected chi connectivity index (χ2v) is 29.5. The van der Waals surface area contributed by atoms with Crippen molar-refractivity contribution in [3.63, 3.8) is 0 Å². The van der Waals surface area contributed by atoms with Crippen LogP contribution >= 0.6 is 0 Å². The van der Waals surface area contributed by atoms with Crippen LogP contribution in [0.2, 0.25) is 0 Å². The largest absolute Gasteiger partial charge is 0.381 e. The van der Waals surface area contributed by atoms with E-state index in [-0.39, 0.29) is 44.4 Å². The molecular formula is C84H108F8N2O8. The number of nitrogens with zero attached hydrogens (tertiary/aromatic N) is 2. The Morgan fingerprint density at radius 3 is 0.647 bits per heavy atom. The molecule has 0 spiro atoms. The van der Waals surface area contributed by atoms with Crippen molar-refractivity contribution in [2.24, 2.45) is 21.7 Å². The molecule has 10 nitrogen and oxygen atoms in total. The Hall–Kier alpha value is -5.96. The minimum absolute atomic E-state index is 0.112. The van der Waals surface area contributed by atoms with Crippen LogP contribution in [0.4, 0.5) is 69.2 Å². The van der Waals surface area contributed by atoms with Crippen LogP contribution in [0.3, 0.4) is 0 Å². The fourth-order valence-electron chi connectivity index (χ4n) is 14.0. The van der Waals surface area contributed by atoms with E-state index < -0.39 is 69.0 Å². The average Bonchev–Trinajstić information content (AvgIpc) is 0.730. The summed E-state index contributed by atoms with van der Waals surface area (Å²) in [5.74, 6) is -17.2. The van der Waals surface area contributed by atoms with Crippen molar-refractivity contribution in [2.45, 2.75) is 182 Å². The highest BCUT2D eigenvalue weighted by Gasteiger charge is 2.41. The normalized spacial score (nSPS) is 16.3. The Balaban J connectivity index is 0.868. The van der Waals surface area contributed by atoms with Crippen molar-refractivity contribution in [1.29, 1.82) is 0 Å². The van der Waals surface area contributed by atoms with Crippen LogP contribution in [-0.2, 0) is 63.6 Å². The van der Waals surface area contributed by atoms with E-state index in [1.165, 1.54) is 0 Å². The fraction of sp³-hybridized carbons (Fsp3) is 0.571. The maximum Gasteiger partial charge on any atom is 0.186 e. The first-order valence-electron chi connectivity index (χ1n) is 37.9. The molecule has 0 unspecified atom stereocenters. The zero-order valence-corrected chi connectivity index (χ0v) is 60.7. The van der Waals surface area contributed by atoms with Crippen LogP contribution in [0.5, 0.6) is 0 Å². The SMILES string of the molecule is CCC1(COCCCCCCc2ccc(N(c3ccc(CCCCCCOCC4(CC)COC4)cc3)c3c(F)c(F)c(-c4c(F)c(F)c(N(c5ccc(CCCCCCOCC6(CC)COC6)cc5)c5ccc(CCCCCCOCC6(CC)COC6)cc5)c(F)c4F)c(F)c3F)cc2)COC1. The number of rotatable bonds is 47. The molecule has 4 heterocycles.